The molecule has 1 saturated heterocycles. The van der Waals surface area contributed by atoms with E-state index in [9.17, 15) is 14.4 Å². The van der Waals surface area contributed by atoms with Gasteiger partial charge in [-0.3, -0.25) is 4.79 Å². The Bertz CT molecular complexity index is 595. The number of carbonyl (C=O) groups is 1. The van der Waals surface area contributed by atoms with Crippen LogP contribution in [-0.2, 0) is 9.53 Å². The molecule has 21 heavy (non-hydrogen) atoms. The van der Waals surface area contributed by atoms with E-state index in [1.54, 1.807) is 6.07 Å². The zero-order valence-corrected chi connectivity index (χ0v) is 11.5. The summed E-state index contributed by atoms with van der Waals surface area (Å²) in [7, 11) is 0. The SMILES string of the molecule is N#Cc1cc(F)ccc1N1CCOCC1C(=O)NC1CC1. The Kier molecular flexibility index (Phi) is 3.76. The molecule has 0 bridgehead atoms. The number of morpholine rings is 1. The summed E-state index contributed by atoms with van der Waals surface area (Å²) in [6, 6.07) is 5.84. The van der Waals surface area contributed by atoms with Crippen LogP contribution in [-0.4, -0.2) is 37.7 Å². The third kappa shape index (κ3) is 2.98. The van der Waals surface area contributed by atoms with Gasteiger partial charge in [0, 0.05) is 12.6 Å². The summed E-state index contributed by atoms with van der Waals surface area (Å²) in [5.41, 5.74) is 0.819. The van der Waals surface area contributed by atoms with Crippen molar-refractivity contribution in [3.63, 3.8) is 0 Å². The van der Waals surface area contributed by atoms with Gasteiger partial charge in [-0.2, -0.15) is 5.26 Å². The van der Waals surface area contributed by atoms with Crippen molar-refractivity contribution in [3.05, 3.63) is 29.6 Å². The van der Waals surface area contributed by atoms with E-state index < -0.39 is 11.9 Å². The molecule has 1 unspecified atom stereocenters. The number of nitrogens with one attached hydrogen (secondary N) is 1. The molecule has 1 atom stereocenters. The Morgan fingerprint density at radius 1 is 1.48 bits per heavy atom. The van der Waals surface area contributed by atoms with E-state index in [1.807, 2.05) is 11.0 Å². The lowest BCUT2D eigenvalue weighted by molar-refractivity contribution is -0.124. The molecular formula is C15H16FN3O2. The number of anilines is 1. The topological polar surface area (TPSA) is 65.4 Å². The summed E-state index contributed by atoms with van der Waals surface area (Å²) in [5.74, 6) is -0.548. The number of rotatable bonds is 3. The van der Waals surface area contributed by atoms with Crippen molar-refractivity contribution >= 4 is 11.6 Å². The molecular weight excluding hydrogens is 273 g/mol. The highest BCUT2D eigenvalue weighted by molar-refractivity contribution is 5.86. The average Bonchev–Trinajstić information content (AvgIpc) is 3.31. The van der Waals surface area contributed by atoms with Crippen molar-refractivity contribution in [1.29, 1.82) is 5.26 Å². The minimum absolute atomic E-state index is 0.0922. The number of benzene rings is 1. The lowest BCUT2D eigenvalue weighted by Gasteiger charge is -2.36. The molecule has 2 aliphatic rings. The van der Waals surface area contributed by atoms with Crippen molar-refractivity contribution < 1.29 is 13.9 Å². The van der Waals surface area contributed by atoms with E-state index >= 15 is 0 Å². The van der Waals surface area contributed by atoms with E-state index in [0.29, 0.717) is 18.8 Å². The second kappa shape index (κ2) is 5.70. The second-order valence-corrected chi connectivity index (χ2v) is 5.34. The number of nitriles is 1. The molecule has 1 aromatic carbocycles. The Morgan fingerprint density at radius 3 is 3.00 bits per heavy atom. The van der Waals surface area contributed by atoms with Gasteiger partial charge in [-0.05, 0) is 31.0 Å². The van der Waals surface area contributed by atoms with Crippen LogP contribution in [0.1, 0.15) is 18.4 Å². The van der Waals surface area contributed by atoms with Crippen molar-refractivity contribution in [2.45, 2.75) is 24.9 Å². The van der Waals surface area contributed by atoms with Gasteiger partial charge in [-0.25, -0.2) is 4.39 Å². The lowest BCUT2D eigenvalue weighted by atomic mass is 10.1. The smallest absolute Gasteiger partial charge is 0.245 e. The normalized spacial score (nSPS) is 21.7. The van der Waals surface area contributed by atoms with E-state index in [0.717, 1.165) is 12.8 Å². The van der Waals surface area contributed by atoms with Crippen molar-refractivity contribution in [2.24, 2.45) is 0 Å². The molecule has 2 fully saturated rings. The van der Waals surface area contributed by atoms with Crippen LogP contribution in [0.25, 0.3) is 0 Å². The van der Waals surface area contributed by atoms with Crippen LogP contribution in [0.15, 0.2) is 18.2 Å². The summed E-state index contributed by atoms with van der Waals surface area (Å²) in [4.78, 5) is 14.1. The molecule has 0 aromatic heterocycles. The summed E-state index contributed by atoms with van der Waals surface area (Å²) in [6.45, 7) is 1.26. The van der Waals surface area contributed by atoms with Crippen LogP contribution in [0.4, 0.5) is 10.1 Å². The molecule has 1 aliphatic carbocycles. The van der Waals surface area contributed by atoms with Gasteiger partial charge >= 0.3 is 0 Å². The van der Waals surface area contributed by atoms with E-state index in [4.69, 9.17) is 4.74 Å². The van der Waals surface area contributed by atoms with E-state index in [1.165, 1.54) is 12.1 Å². The highest BCUT2D eigenvalue weighted by Crippen LogP contribution is 2.26. The molecule has 1 N–H and O–H groups in total. The molecule has 0 spiro atoms. The summed E-state index contributed by atoms with van der Waals surface area (Å²) in [6.07, 6.45) is 2.03. The van der Waals surface area contributed by atoms with Gasteiger partial charge in [0.05, 0.1) is 24.5 Å². The van der Waals surface area contributed by atoms with Gasteiger partial charge in [0.2, 0.25) is 5.91 Å². The van der Waals surface area contributed by atoms with Crippen molar-refractivity contribution in [2.75, 3.05) is 24.7 Å². The predicted octanol–water partition coefficient (Wildman–Crippen LogP) is 1.18. The van der Waals surface area contributed by atoms with Gasteiger partial charge in [-0.15, -0.1) is 0 Å². The number of ether oxygens (including phenoxy) is 1. The summed E-state index contributed by atoms with van der Waals surface area (Å²) in [5, 5.41) is 12.1. The lowest BCUT2D eigenvalue weighted by Crippen LogP contribution is -2.54. The maximum atomic E-state index is 13.3. The Morgan fingerprint density at radius 2 is 2.29 bits per heavy atom. The van der Waals surface area contributed by atoms with Gasteiger partial charge < -0.3 is 15.0 Å². The maximum Gasteiger partial charge on any atom is 0.245 e. The molecule has 1 aromatic rings. The van der Waals surface area contributed by atoms with Crippen LogP contribution >= 0.6 is 0 Å². The molecule has 1 amide bonds. The number of hydrogen-bond donors (Lipinski definition) is 1. The number of hydrogen-bond acceptors (Lipinski definition) is 4. The Labute approximate surface area is 122 Å². The van der Waals surface area contributed by atoms with Crippen molar-refractivity contribution in [3.8, 4) is 6.07 Å². The summed E-state index contributed by atoms with van der Waals surface area (Å²) < 4.78 is 18.7. The van der Waals surface area contributed by atoms with Crippen LogP contribution in [0.3, 0.4) is 0 Å². The molecule has 3 rings (SSSR count). The zero-order valence-electron chi connectivity index (χ0n) is 11.5. The molecule has 1 aliphatic heterocycles. The first-order chi connectivity index (χ1) is 10.2. The highest BCUT2D eigenvalue weighted by atomic mass is 19.1. The molecule has 1 saturated carbocycles. The third-order valence-corrected chi connectivity index (χ3v) is 3.74. The zero-order chi connectivity index (χ0) is 14.8. The Hall–Kier alpha value is -2.13. The molecule has 5 nitrogen and oxygen atoms in total. The number of nitrogens with zero attached hydrogens (tertiary/aromatic N) is 2. The number of amides is 1. The first-order valence-corrected chi connectivity index (χ1v) is 7.03. The third-order valence-electron chi connectivity index (χ3n) is 3.74. The quantitative estimate of drug-likeness (QED) is 0.907. The molecule has 1 heterocycles. The van der Waals surface area contributed by atoms with E-state index in [-0.39, 0.29) is 24.1 Å². The second-order valence-electron chi connectivity index (χ2n) is 5.34. The average molecular weight is 289 g/mol. The van der Waals surface area contributed by atoms with Crippen molar-refractivity contribution in [1.82, 2.24) is 5.32 Å². The standard InChI is InChI=1S/C15H16FN3O2/c16-11-1-4-13(10(7-11)8-17)19-5-6-21-9-14(19)15(20)18-12-2-3-12/h1,4,7,12,14H,2-3,5-6,9H2,(H,18,20). The predicted molar refractivity (Wildman–Crippen MR) is 74.2 cm³/mol. The molecule has 0 radical (unpaired) electrons. The van der Waals surface area contributed by atoms with Crippen LogP contribution < -0.4 is 10.2 Å². The van der Waals surface area contributed by atoms with Gasteiger partial charge in [0.1, 0.15) is 17.9 Å². The van der Waals surface area contributed by atoms with Gasteiger partial charge in [-0.1, -0.05) is 0 Å². The first kappa shape index (κ1) is 13.8. The number of carbonyl (C=O) groups excluding carboxylic acids is 1. The van der Waals surface area contributed by atoms with Crippen LogP contribution in [0.2, 0.25) is 0 Å². The fourth-order valence-corrected chi connectivity index (χ4v) is 2.48. The van der Waals surface area contributed by atoms with E-state index in [2.05, 4.69) is 5.32 Å². The minimum Gasteiger partial charge on any atom is -0.377 e. The van der Waals surface area contributed by atoms with Crippen LogP contribution in [0.5, 0.6) is 0 Å². The largest absolute Gasteiger partial charge is 0.377 e. The highest BCUT2D eigenvalue weighted by Gasteiger charge is 2.34. The fourth-order valence-electron chi connectivity index (χ4n) is 2.48. The monoisotopic (exact) mass is 289 g/mol. The first-order valence-electron chi connectivity index (χ1n) is 7.03. The minimum atomic E-state index is -0.475. The maximum absolute atomic E-state index is 13.3. The fraction of sp³-hybridized carbons (Fsp3) is 0.467. The van der Waals surface area contributed by atoms with Crippen LogP contribution in [0, 0.1) is 17.1 Å². The summed E-state index contributed by atoms with van der Waals surface area (Å²) >= 11 is 0. The molecule has 110 valence electrons. The van der Waals surface area contributed by atoms with Gasteiger partial charge in [0.25, 0.3) is 0 Å². The molecule has 6 heteroatoms. The number of halogens is 1. The Balaban J connectivity index is 1.86. The van der Waals surface area contributed by atoms with Gasteiger partial charge in [0.15, 0.2) is 0 Å².